The van der Waals surface area contributed by atoms with Crippen LogP contribution < -0.4 is 0 Å². The molecular formula is C24H44N2O. The van der Waals surface area contributed by atoms with Crippen molar-refractivity contribution in [2.45, 2.75) is 91.5 Å². The second-order valence-electron chi connectivity index (χ2n) is 10.5. The van der Waals surface area contributed by atoms with Gasteiger partial charge in [0.25, 0.3) is 0 Å². The monoisotopic (exact) mass is 376 g/mol. The van der Waals surface area contributed by atoms with Gasteiger partial charge in [-0.25, -0.2) is 0 Å². The molecule has 0 bridgehead atoms. The third-order valence-electron chi connectivity index (χ3n) is 7.81. The van der Waals surface area contributed by atoms with Gasteiger partial charge in [0.05, 0.1) is 0 Å². The van der Waals surface area contributed by atoms with Gasteiger partial charge in [-0.05, 0) is 94.5 Å². The van der Waals surface area contributed by atoms with Crippen molar-refractivity contribution in [1.29, 1.82) is 0 Å². The number of carbonyl (C=O) groups excluding carboxylic acids is 1. The molecular weight excluding hydrogens is 332 g/mol. The molecule has 0 aromatic carbocycles. The van der Waals surface area contributed by atoms with Crippen LogP contribution in [0, 0.1) is 29.6 Å². The van der Waals surface area contributed by atoms with Crippen LogP contribution in [0.15, 0.2) is 0 Å². The number of rotatable bonds is 5. The van der Waals surface area contributed by atoms with Crippen LogP contribution in [0.25, 0.3) is 0 Å². The Labute approximate surface area is 168 Å². The normalized spacial score (nSPS) is 29.6. The quantitative estimate of drug-likeness (QED) is 0.658. The Morgan fingerprint density at radius 2 is 1.41 bits per heavy atom. The molecule has 2 aliphatic heterocycles. The van der Waals surface area contributed by atoms with E-state index in [0.717, 1.165) is 55.6 Å². The summed E-state index contributed by atoms with van der Waals surface area (Å²) in [4.78, 5) is 17.9. The Morgan fingerprint density at radius 1 is 0.815 bits per heavy atom. The second-order valence-corrected chi connectivity index (χ2v) is 10.5. The van der Waals surface area contributed by atoms with Gasteiger partial charge in [-0.3, -0.25) is 4.79 Å². The van der Waals surface area contributed by atoms with Crippen molar-refractivity contribution < 1.29 is 4.79 Å². The molecule has 0 aromatic rings. The average molecular weight is 377 g/mol. The molecule has 3 rings (SSSR count). The van der Waals surface area contributed by atoms with Crippen LogP contribution in [0.2, 0.25) is 0 Å². The molecule has 1 aliphatic carbocycles. The number of likely N-dealkylation sites (tertiary alicyclic amines) is 2. The van der Waals surface area contributed by atoms with E-state index in [9.17, 15) is 4.79 Å². The van der Waals surface area contributed by atoms with Gasteiger partial charge in [0, 0.05) is 25.0 Å². The number of hydrogen-bond donors (Lipinski definition) is 0. The van der Waals surface area contributed by atoms with E-state index >= 15 is 0 Å². The van der Waals surface area contributed by atoms with Gasteiger partial charge < -0.3 is 9.80 Å². The van der Waals surface area contributed by atoms with E-state index in [1.165, 1.54) is 58.0 Å². The van der Waals surface area contributed by atoms with Crippen molar-refractivity contribution in [1.82, 2.24) is 9.80 Å². The summed E-state index contributed by atoms with van der Waals surface area (Å²) in [5.41, 5.74) is 0. The van der Waals surface area contributed by atoms with E-state index in [2.05, 4.69) is 37.5 Å². The van der Waals surface area contributed by atoms with Crippen molar-refractivity contribution in [3.05, 3.63) is 0 Å². The minimum absolute atomic E-state index is 0.316. The van der Waals surface area contributed by atoms with Crippen LogP contribution in [0.3, 0.4) is 0 Å². The van der Waals surface area contributed by atoms with E-state index in [0.29, 0.717) is 11.8 Å². The first-order chi connectivity index (χ1) is 12.9. The lowest BCUT2D eigenvalue weighted by atomic mass is 9.81. The van der Waals surface area contributed by atoms with Gasteiger partial charge in [0.2, 0.25) is 5.91 Å². The summed E-state index contributed by atoms with van der Waals surface area (Å²) >= 11 is 0. The third kappa shape index (κ3) is 5.71. The summed E-state index contributed by atoms with van der Waals surface area (Å²) in [5, 5.41) is 0. The molecule has 0 N–H and O–H groups in total. The molecule has 27 heavy (non-hydrogen) atoms. The SMILES string of the molecule is CC(C)CC1CCN(C(=O)C2CCC(N3CCC(C(C)C)CC3)CC2)CC1. The first-order valence-corrected chi connectivity index (χ1v) is 12.0. The molecule has 2 heterocycles. The summed E-state index contributed by atoms with van der Waals surface area (Å²) in [6.07, 6.45) is 11.3. The maximum atomic E-state index is 13.0. The fourth-order valence-corrected chi connectivity index (χ4v) is 5.95. The molecule has 156 valence electrons. The van der Waals surface area contributed by atoms with Crippen molar-refractivity contribution in [3.8, 4) is 0 Å². The highest BCUT2D eigenvalue weighted by Gasteiger charge is 2.34. The molecule has 1 saturated carbocycles. The molecule has 3 fully saturated rings. The Kier molecular flexibility index (Phi) is 7.65. The number of piperidine rings is 2. The summed E-state index contributed by atoms with van der Waals surface area (Å²) in [6, 6.07) is 0.749. The molecule has 3 heteroatoms. The Balaban J connectivity index is 1.39. The van der Waals surface area contributed by atoms with Crippen molar-refractivity contribution in [3.63, 3.8) is 0 Å². The molecule has 0 radical (unpaired) electrons. The highest BCUT2D eigenvalue weighted by molar-refractivity contribution is 5.79. The van der Waals surface area contributed by atoms with Crippen LogP contribution in [0.4, 0.5) is 0 Å². The smallest absolute Gasteiger partial charge is 0.225 e. The molecule has 0 spiro atoms. The molecule has 3 aliphatic rings. The van der Waals surface area contributed by atoms with E-state index in [1.54, 1.807) is 0 Å². The minimum Gasteiger partial charge on any atom is -0.342 e. The summed E-state index contributed by atoms with van der Waals surface area (Å²) < 4.78 is 0. The van der Waals surface area contributed by atoms with Gasteiger partial charge in [-0.1, -0.05) is 27.7 Å². The van der Waals surface area contributed by atoms with Crippen molar-refractivity contribution in [2.75, 3.05) is 26.2 Å². The molecule has 2 saturated heterocycles. The molecule has 1 amide bonds. The fraction of sp³-hybridized carbons (Fsp3) is 0.958. The zero-order valence-corrected chi connectivity index (χ0v) is 18.5. The number of nitrogens with zero attached hydrogens (tertiary/aromatic N) is 2. The Morgan fingerprint density at radius 3 is 1.93 bits per heavy atom. The lowest BCUT2D eigenvalue weighted by Crippen LogP contribution is -2.47. The number of carbonyl (C=O) groups is 1. The van der Waals surface area contributed by atoms with Crippen LogP contribution in [0.5, 0.6) is 0 Å². The van der Waals surface area contributed by atoms with Gasteiger partial charge in [0.15, 0.2) is 0 Å². The zero-order valence-electron chi connectivity index (χ0n) is 18.5. The molecule has 3 nitrogen and oxygen atoms in total. The average Bonchev–Trinajstić information content (AvgIpc) is 2.68. The topological polar surface area (TPSA) is 23.6 Å². The minimum atomic E-state index is 0.316. The summed E-state index contributed by atoms with van der Waals surface area (Å²) in [6.45, 7) is 14.0. The van der Waals surface area contributed by atoms with Gasteiger partial charge >= 0.3 is 0 Å². The van der Waals surface area contributed by atoms with Crippen LogP contribution in [-0.4, -0.2) is 47.9 Å². The predicted molar refractivity (Wildman–Crippen MR) is 114 cm³/mol. The summed E-state index contributed by atoms with van der Waals surface area (Å²) in [7, 11) is 0. The van der Waals surface area contributed by atoms with Gasteiger partial charge in [-0.2, -0.15) is 0 Å². The first-order valence-electron chi connectivity index (χ1n) is 12.0. The van der Waals surface area contributed by atoms with Crippen molar-refractivity contribution in [2.24, 2.45) is 29.6 Å². The standard InChI is InChI=1S/C24H44N2O/c1-18(2)17-20-9-13-26(14-10-20)24(27)22-5-7-23(8-6-22)25-15-11-21(12-16-25)19(3)4/h18-23H,5-17H2,1-4H3. The lowest BCUT2D eigenvalue weighted by Gasteiger charge is -2.42. The van der Waals surface area contributed by atoms with Crippen molar-refractivity contribution >= 4 is 5.91 Å². The van der Waals surface area contributed by atoms with Gasteiger partial charge in [0.1, 0.15) is 0 Å². The number of amides is 1. The highest BCUT2D eigenvalue weighted by atomic mass is 16.2. The lowest BCUT2D eigenvalue weighted by molar-refractivity contribution is -0.138. The van der Waals surface area contributed by atoms with E-state index in [4.69, 9.17) is 0 Å². The van der Waals surface area contributed by atoms with Gasteiger partial charge in [-0.15, -0.1) is 0 Å². The number of hydrogen-bond acceptors (Lipinski definition) is 2. The highest BCUT2D eigenvalue weighted by Crippen LogP contribution is 2.34. The zero-order chi connectivity index (χ0) is 19.4. The van der Waals surface area contributed by atoms with Crippen LogP contribution in [0.1, 0.15) is 85.5 Å². The maximum Gasteiger partial charge on any atom is 0.225 e. The van der Waals surface area contributed by atoms with E-state index < -0.39 is 0 Å². The molecule has 0 atom stereocenters. The molecule has 0 unspecified atom stereocenters. The summed E-state index contributed by atoms with van der Waals surface area (Å²) in [5.74, 6) is 4.20. The maximum absolute atomic E-state index is 13.0. The second kappa shape index (κ2) is 9.76. The first kappa shape index (κ1) is 21.1. The van der Waals surface area contributed by atoms with Crippen LogP contribution >= 0.6 is 0 Å². The largest absolute Gasteiger partial charge is 0.342 e. The fourth-order valence-electron chi connectivity index (χ4n) is 5.95. The Bertz CT molecular complexity index is 451. The molecule has 0 aromatic heterocycles. The Hall–Kier alpha value is -0.570. The van der Waals surface area contributed by atoms with Crippen LogP contribution in [-0.2, 0) is 4.79 Å². The third-order valence-corrected chi connectivity index (χ3v) is 7.81. The van der Waals surface area contributed by atoms with E-state index in [-0.39, 0.29) is 0 Å². The predicted octanol–water partition coefficient (Wildman–Crippen LogP) is 5.20. The van der Waals surface area contributed by atoms with E-state index in [1.807, 2.05) is 0 Å².